The number of hydrogen-bond acceptors (Lipinski definition) is 5. The van der Waals surface area contributed by atoms with E-state index in [-0.39, 0.29) is 18.5 Å². The van der Waals surface area contributed by atoms with Crippen LogP contribution in [0.25, 0.3) is 10.9 Å². The van der Waals surface area contributed by atoms with Gasteiger partial charge in [-0.25, -0.2) is 4.79 Å². The number of nitrogens with zero attached hydrogens (tertiary/aromatic N) is 1. The smallest absolute Gasteiger partial charge is 0.407 e. The molecule has 0 bridgehead atoms. The molecule has 0 saturated heterocycles. The molecular formula is C27H37BrN4O4. The van der Waals surface area contributed by atoms with Crippen molar-refractivity contribution < 1.29 is 19.1 Å². The molecule has 2 amide bonds. The molecule has 196 valence electrons. The van der Waals surface area contributed by atoms with Crippen molar-refractivity contribution in [3.05, 3.63) is 56.8 Å². The summed E-state index contributed by atoms with van der Waals surface area (Å²) in [6.07, 6.45) is 3.12. The molecule has 9 heteroatoms. The van der Waals surface area contributed by atoms with Crippen LogP contribution in [0.4, 0.5) is 4.79 Å². The maximum absolute atomic E-state index is 13.3. The second-order valence-corrected chi connectivity index (χ2v) is 11.3. The lowest BCUT2D eigenvalue weighted by Gasteiger charge is -2.29. The topological polar surface area (TPSA) is 93.6 Å². The summed E-state index contributed by atoms with van der Waals surface area (Å²) in [6.45, 7) is 14.3. The van der Waals surface area contributed by atoms with Crippen molar-refractivity contribution in [2.24, 2.45) is 0 Å². The minimum Gasteiger partial charge on any atom is -0.444 e. The van der Waals surface area contributed by atoms with Gasteiger partial charge in [-0.05, 0) is 77.8 Å². The summed E-state index contributed by atoms with van der Waals surface area (Å²) in [5, 5.41) is 10.1. The van der Waals surface area contributed by atoms with E-state index in [9.17, 15) is 9.59 Å². The number of rotatable bonds is 7. The SMILES string of the molecule is COC1NC(CNC(=O)OC(C)(C)C)=CC(C)=C1CNC(=O)c1cc(Br)cc2c1c(C)cn2C(C)C. The normalized spacial score (nSPS) is 16.2. The lowest BCUT2D eigenvalue weighted by atomic mass is 10.0. The number of methoxy groups -OCH3 is 1. The molecule has 8 nitrogen and oxygen atoms in total. The number of carbonyl (C=O) groups excluding carboxylic acids is 2. The molecule has 1 aliphatic rings. The molecule has 0 spiro atoms. The number of alkyl carbamates (subject to hydrolysis) is 1. The van der Waals surface area contributed by atoms with Crippen molar-refractivity contribution >= 4 is 38.8 Å². The highest BCUT2D eigenvalue weighted by Crippen LogP contribution is 2.31. The summed E-state index contributed by atoms with van der Waals surface area (Å²) in [5.41, 5.74) is 4.81. The zero-order valence-corrected chi connectivity index (χ0v) is 23.9. The number of nitrogens with one attached hydrogen (secondary N) is 3. The summed E-state index contributed by atoms with van der Waals surface area (Å²) in [7, 11) is 1.60. The highest BCUT2D eigenvalue weighted by atomic mass is 79.9. The van der Waals surface area contributed by atoms with E-state index in [1.54, 1.807) is 7.11 Å². The van der Waals surface area contributed by atoms with Gasteiger partial charge in [0.25, 0.3) is 5.91 Å². The van der Waals surface area contributed by atoms with Gasteiger partial charge in [-0.3, -0.25) is 4.79 Å². The molecule has 0 fully saturated rings. The summed E-state index contributed by atoms with van der Waals surface area (Å²) >= 11 is 3.57. The number of aryl methyl sites for hydroxylation is 1. The van der Waals surface area contributed by atoms with Crippen LogP contribution in [0.3, 0.4) is 0 Å². The van der Waals surface area contributed by atoms with Gasteiger partial charge in [0.05, 0.1) is 17.6 Å². The lowest BCUT2D eigenvalue weighted by Crippen LogP contribution is -2.43. The summed E-state index contributed by atoms with van der Waals surface area (Å²) in [4.78, 5) is 25.3. The highest BCUT2D eigenvalue weighted by Gasteiger charge is 2.24. The van der Waals surface area contributed by atoms with E-state index in [0.717, 1.165) is 37.8 Å². The largest absolute Gasteiger partial charge is 0.444 e. The molecule has 1 aliphatic heterocycles. The number of ether oxygens (including phenoxy) is 2. The molecule has 1 aromatic carbocycles. The minimum absolute atomic E-state index is 0.151. The molecule has 0 saturated carbocycles. The van der Waals surface area contributed by atoms with Crippen molar-refractivity contribution in [3.63, 3.8) is 0 Å². The number of dihydropyridines is 1. The maximum atomic E-state index is 13.3. The fourth-order valence-corrected chi connectivity index (χ4v) is 4.75. The van der Waals surface area contributed by atoms with Crippen LogP contribution in [0, 0.1) is 6.92 Å². The van der Waals surface area contributed by atoms with Crippen LogP contribution in [0.1, 0.15) is 63.5 Å². The minimum atomic E-state index is -0.565. The Bertz CT molecular complexity index is 1220. The fraction of sp³-hybridized carbons (Fsp3) is 0.481. The number of benzene rings is 1. The average Bonchev–Trinajstić information content (AvgIpc) is 3.11. The molecule has 2 aromatic rings. The van der Waals surface area contributed by atoms with E-state index in [1.807, 2.05) is 46.8 Å². The Kier molecular flexibility index (Phi) is 8.56. The number of allylic oxidation sites excluding steroid dienone is 2. The first-order valence-electron chi connectivity index (χ1n) is 12.1. The average molecular weight is 562 g/mol. The third-order valence-electron chi connectivity index (χ3n) is 5.92. The zero-order valence-electron chi connectivity index (χ0n) is 22.3. The van der Waals surface area contributed by atoms with Crippen LogP contribution >= 0.6 is 15.9 Å². The molecule has 1 atom stereocenters. The van der Waals surface area contributed by atoms with Gasteiger partial charge in [-0.2, -0.15) is 0 Å². The quantitative estimate of drug-likeness (QED) is 0.426. The Morgan fingerprint density at radius 2 is 1.86 bits per heavy atom. The van der Waals surface area contributed by atoms with Crippen LogP contribution in [-0.2, 0) is 9.47 Å². The molecule has 3 N–H and O–H groups in total. The molecular weight excluding hydrogens is 524 g/mol. The second kappa shape index (κ2) is 11.1. The number of halogens is 1. The molecule has 2 heterocycles. The number of carbonyl (C=O) groups is 2. The Morgan fingerprint density at radius 1 is 1.17 bits per heavy atom. The molecule has 1 unspecified atom stereocenters. The third kappa shape index (κ3) is 6.50. The van der Waals surface area contributed by atoms with Crippen LogP contribution in [0.5, 0.6) is 0 Å². The van der Waals surface area contributed by atoms with E-state index >= 15 is 0 Å². The second-order valence-electron chi connectivity index (χ2n) is 10.3. The van der Waals surface area contributed by atoms with Gasteiger partial charge in [0, 0.05) is 47.0 Å². The standard InChI is InChI=1S/C27H37BrN4O4/c1-15(2)32-14-17(4)23-20(10-18(28)11-22(23)32)24(33)29-13-21-16(3)9-19(31-25(21)35-8)12-30-26(34)36-27(5,6)7/h9-11,14-15,25,31H,12-13H2,1-8H3,(H,29,33)(H,30,34). The maximum Gasteiger partial charge on any atom is 0.407 e. The first kappa shape index (κ1) is 27.8. The molecule has 3 rings (SSSR count). The van der Waals surface area contributed by atoms with Crippen LogP contribution in [0.2, 0.25) is 0 Å². The zero-order chi connectivity index (χ0) is 26.8. The number of amides is 2. The van der Waals surface area contributed by atoms with Crippen molar-refractivity contribution in [1.29, 1.82) is 0 Å². The molecule has 1 aromatic heterocycles. The van der Waals surface area contributed by atoms with E-state index < -0.39 is 17.9 Å². The summed E-state index contributed by atoms with van der Waals surface area (Å²) in [5.74, 6) is -0.151. The van der Waals surface area contributed by atoms with E-state index in [2.05, 4.69) is 62.6 Å². The third-order valence-corrected chi connectivity index (χ3v) is 6.37. The van der Waals surface area contributed by atoms with E-state index in [4.69, 9.17) is 9.47 Å². The lowest BCUT2D eigenvalue weighted by molar-refractivity contribution is 0.0527. The Balaban J connectivity index is 1.77. The highest BCUT2D eigenvalue weighted by molar-refractivity contribution is 9.10. The van der Waals surface area contributed by atoms with Crippen molar-refractivity contribution in [1.82, 2.24) is 20.5 Å². The number of hydrogen-bond donors (Lipinski definition) is 3. The first-order chi connectivity index (χ1) is 16.8. The van der Waals surface area contributed by atoms with E-state index in [0.29, 0.717) is 12.1 Å². The molecule has 36 heavy (non-hydrogen) atoms. The predicted molar refractivity (Wildman–Crippen MR) is 146 cm³/mol. The molecule has 0 aliphatic carbocycles. The van der Waals surface area contributed by atoms with Gasteiger partial charge in [0.2, 0.25) is 0 Å². The Labute approximate surface area is 221 Å². The monoisotopic (exact) mass is 560 g/mol. The fourth-order valence-electron chi connectivity index (χ4n) is 4.31. The number of fused-ring (bicyclic) bond motifs is 1. The van der Waals surface area contributed by atoms with Gasteiger partial charge < -0.3 is 30.0 Å². The van der Waals surface area contributed by atoms with Crippen LogP contribution in [-0.4, -0.2) is 48.6 Å². The van der Waals surface area contributed by atoms with Crippen molar-refractivity contribution in [2.75, 3.05) is 20.2 Å². The van der Waals surface area contributed by atoms with Crippen LogP contribution in [0.15, 0.2) is 45.7 Å². The Morgan fingerprint density at radius 3 is 2.47 bits per heavy atom. The summed E-state index contributed by atoms with van der Waals surface area (Å²) < 4.78 is 14.0. The van der Waals surface area contributed by atoms with Crippen molar-refractivity contribution in [3.8, 4) is 0 Å². The molecule has 0 radical (unpaired) electrons. The van der Waals surface area contributed by atoms with Crippen molar-refractivity contribution in [2.45, 2.75) is 66.3 Å². The van der Waals surface area contributed by atoms with Gasteiger partial charge in [-0.15, -0.1) is 0 Å². The first-order valence-corrected chi connectivity index (χ1v) is 12.8. The van der Waals surface area contributed by atoms with Gasteiger partial charge in [0.1, 0.15) is 5.60 Å². The Hall–Kier alpha value is -2.78. The summed E-state index contributed by atoms with van der Waals surface area (Å²) in [6, 6.07) is 4.19. The van der Waals surface area contributed by atoms with Gasteiger partial charge in [0.15, 0.2) is 6.23 Å². The predicted octanol–water partition coefficient (Wildman–Crippen LogP) is 5.32. The van der Waals surface area contributed by atoms with Gasteiger partial charge in [-0.1, -0.05) is 15.9 Å². The van der Waals surface area contributed by atoms with E-state index in [1.165, 1.54) is 0 Å². The van der Waals surface area contributed by atoms with Crippen LogP contribution < -0.4 is 16.0 Å². The van der Waals surface area contributed by atoms with Gasteiger partial charge >= 0.3 is 6.09 Å². The number of aromatic nitrogens is 1.